The Hall–Kier alpha value is -3.21. The highest BCUT2D eigenvalue weighted by molar-refractivity contribution is 7.66. The Kier molecular flexibility index (Phi) is 6.50. The van der Waals surface area contributed by atoms with Gasteiger partial charge >= 0.3 is 0 Å². The van der Waals surface area contributed by atoms with Crippen molar-refractivity contribution in [3.8, 4) is 11.4 Å². The lowest BCUT2D eigenvalue weighted by atomic mass is 10.1. The van der Waals surface area contributed by atoms with Gasteiger partial charge in [0, 0.05) is 49.8 Å². The molecule has 0 spiro atoms. The van der Waals surface area contributed by atoms with Crippen molar-refractivity contribution in [2.24, 2.45) is 7.05 Å². The molecule has 1 aliphatic heterocycles. The molecule has 174 valence electrons. The first-order valence-electron chi connectivity index (χ1n) is 10.5. The molecule has 1 saturated heterocycles. The first kappa shape index (κ1) is 23.0. The molecular formula is C22H25F2N7OS. The normalized spacial score (nSPS) is 15.8. The SMILES string of the molecule is Cc1nc(-c2cnn(C)c2)nc(N2CCCC(F)(F)CC2)c1C(=O)Nc1cccc([SH]=N)c1. The van der Waals surface area contributed by atoms with Crippen LogP contribution in [0.4, 0.5) is 20.3 Å². The summed E-state index contributed by atoms with van der Waals surface area (Å²) in [6.07, 6.45) is 3.19. The Balaban J connectivity index is 1.75. The summed E-state index contributed by atoms with van der Waals surface area (Å²) in [7, 11) is 1.78. The van der Waals surface area contributed by atoms with Gasteiger partial charge in [-0.2, -0.15) is 5.10 Å². The maximum Gasteiger partial charge on any atom is 0.261 e. The van der Waals surface area contributed by atoms with Crippen LogP contribution in [0.25, 0.3) is 11.4 Å². The van der Waals surface area contributed by atoms with Crippen LogP contribution in [0.5, 0.6) is 0 Å². The van der Waals surface area contributed by atoms with Crippen LogP contribution >= 0.6 is 0 Å². The highest BCUT2D eigenvalue weighted by atomic mass is 32.1. The summed E-state index contributed by atoms with van der Waals surface area (Å²) in [5.41, 5.74) is 1.92. The van der Waals surface area contributed by atoms with Gasteiger partial charge in [-0.3, -0.25) is 14.3 Å². The zero-order valence-corrected chi connectivity index (χ0v) is 19.2. The first-order chi connectivity index (χ1) is 15.8. The third-order valence-electron chi connectivity index (χ3n) is 5.51. The summed E-state index contributed by atoms with van der Waals surface area (Å²) in [4.78, 5) is 25.0. The van der Waals surface area contributed by atoms with Crippen LogP contribution in [-0.4, -0.2) is 44.7 Å². The van der Waals surface area contributed by atoms with E-state index in [2.05, 4.69) is 20.4 Å². The number of aryl methyl sites for hydroxylation is 2. The van der Waals surface area contributed by atoms with Crippen LogP contribution < -0.4 is 10.2 Å². The van der Waals surface area contributed by atoms with Crippen LogP contribution in [0, 0.1) is 11.7 Å². The van der Waals surface area contributed by atoms with Crippen molar-refractivity contribution in [2.45, 2.75) is 37.0 Å². The number of benzene rings is 1. The Bertz CT molecular complexity index is 1200. The Morgan fingerprint density at radius 1 is 1.24 bits per heavy atom. The Morgan fingerprint density at radius 3 is 2.79 bits per heavy atom. The summed E-state index contributed by atoms with van der Waals surface area (Å²) in [6, 6.07) is 7.01. The molecule has 1 amide bonds. The van der Waals surface area contributed by atoms with Crippen molar-refractivity contribution in [1.29, 1.82) is 4.78 Å². The molecule has 0 radical (unpaired) electrons. The summed E-state index contributed by atoms with van der Waals surface area (Å²) in [6.45, 7) is 2.17. The van der Waals surface area contributed by atoms with E-state index in [1.165, 1.54) is 0 Å². The van der Waals surface area contributed by atoms with Gasteiger partial charge in [0.1, 0.15) is 11.4 Å². The van der Waals surface area contributed by atoms with E-state index in [0.717, 1.165) is 4.90 Å². The van der Waals surface area contributed by atoms with Gasteiger partial charge in [-0.25, -0.2) is 18.7 Å². The minimum atomic E-state index is -2.73. The minimum Gasteiger partial charge on any atom is -0.356 e. The molecule has 2 N–H and O–H groups in total. The highest BCUT2D eigenvalue weighted by Gasteiger charge is 2.34. The number of nitrogens with zero attached hydrogens (tertiary/aromatic N) is 5. The van der Waals surface area contributed by atoms with E-state index < -0.39 is 11.8 Å². The lowest BCUT2D eigenvalue weighted by Crippen LogP contribution is -2.30. The lowest BCUT2D eigenvalue weighted by Gasteiger charge is -2.25. The van der Waals surface area contributed by atoms with Gasteiger partial charge in [-0.1, -0.05) is 17.6 Å². The molecule has 1 aliphatic rings. The van der Waals surface area contributed by atoms with E-state index in [-0.39, 0.29) is 24.9 Å². The average Bonchev–Trinajstić information content (AvgIpc) is 3.13. The molecule has 2 aromatic heterocycles. The average molecular weight is 474 g/mol. The molecule has 3 heterocycles. The van der Waals surface area contributed by atoms with Crippen LogP contribution in [0.2, 0.25) is 0 Å². The van der Waals surface area contributed by atoms with Crippen molar-refractivity contribution in [1.82, 2.24) is 19.7 Å². The number of anilines is 2. The maximum absolute atomic E-state index is 14.0. The fourth-order valence-electron chi connectivity index (χ4n) is 3.84. The van der Waals surface area contributed by atoms with Gasteiger partial charge in [0.25, 0.3) is 5.91 Å². The zero-order valence-electron chi connectivity index (χ0n) is 18.3. The topological polar surface area (TPSA) is 99.8 Å². The molecule has 0 unspecified atom stereocenters. The van der Waals surface area contributed by atoms with Crippen LogP contribution in [-0.2, 0) is 18.6 Å². The number of halogens is 2. The molecule has 4 rings (SSSR count). The number of hydrogen-bond acceptors (Lipinski definition) is 6. The van der Waals surface area contributed by atoms with Gasteiger partial charge < -0.3 is 10.2 Å². The molecule has 0 saturated carbocycles. The number of hydrogen-bond donors (Lipinski definition) is 3. The predicted molar refractivity (Wildman–Crippen MR) is 124 cm³/mol. The lowest BCUT2D eigenvalue weighted by molar-refractivity contribution is -0.0102. The van der Waals surface area contributed by atoms with Crippen LogP contribution in [0.15, 0.2) is 41.6 Å². The van der Waals surface area contributed by atoms with Gasteiger partial charge in [-0.15, -0.1) is 0 Å². The van der Waals surface area contributed by atoms with Gasteiger partial charge in [0.2, 0.25) is 5.92 Å². The van der Waals surface area contributed by atoms with Crippen molar-refractivity contribution < 1.29 is 13.6 Å². The van der Waals surface area contributed by atoms with Crippen molar-refractivity contribution in [3.63, 3.8) is 0 Å². The van der Waals surface area contributed by atoms with Crippen LogP contribution in [0.3, 0.4) is 0 Å². The van der Waals surface area contributed by atoms with Crippen molar-refractivity contribution in [2.75, 3.05) is 23.3 Å². The molecular weight excluding hydrogens is 448 g/mol. The van der Waals surface area contributed by atoms with E-state index in [1.807, 2.05) is 0 Å². The third-order valence-corrected chi connectivity index (χ3v) is 6.05. The van der Waals surface area contributed by atoms with E-state index in [0.29, 0.717) is 53.1 Å². The van der Waals surface area contributed by atoms with E-state index in [1.54, 1.807) is 60.2 Å². The van der Waals surface area contributed by atoms with Gasteiger partial charge in [0.05, 0.1) is 17.5 Å². The summed E-state index contributed by atoms with van der Waals surface area (Å²) in [5, 5.41) is 7.01. The zero-order chi connectivity index (χ0) is 23.6. The molecule has 11 heteroatoms. The number of carbonyl (C=O) groups is 1. The number of thiol groups is 1. The fourth-order valence-corrected chi connectivity index (χ4v) is 4.20. The van der Waals surface area contributed by atoms with Crippen molar-refractivity contribution in [3.05, 3.63) is 47.9 Å². The van der Waals surface area contributed by atoms with Gasteiger partial charge in [0.15, 0.2) is 5.82 Å². The highest BCUT2D eigenvalue weighted by Crippen LogP contribution is 2.32. The Labute approximate surface area is 194 Å². The van der Waals surface area contributed by atoms with Crippen LogP contribution in [0.1, 0.15) is 35.3 Å². The fraction of sp³-hybridized carbons (Fsp3) is 0.364. The van der Waals surface area contributed by atoms with E-state index in [9.17, 15) is 13.6 Å². The van der Waals surface area contributed by atoms with E-state index in [4.69, 9.17) is 4.78 Å². The number of amides is 1. The molecule has 0 aliphatic carbocycles. The Morgan fingerprint density at radius 2 is 2.06 bits per heavy atom. The number of rotatable bonds is 5. The largest absolute Gasteiger partial charge is 0.356 e. The second-order valence-electron chi connectivity index (χ2n) is 8.05. The molecule has 33 heavy (non-hydrogen) atoms. The quantitative estimate of drug-likeness (QED) is 0.487. The molecule has 1 fully saturated rings. The van der Waals surface area contributed by atoms with E-state index >= 15 is 0 Å². The number of carbonyl (C=O) groups excluding carboxylic acids is 1. The monoisotopic (exact) mass is 473 g/mol. The summed E-state index contributed by atoms with van der Waals surface area (Å²) >= 11 is 0.339. The first-order valence-corrected chi connectivity index (χ1v) is 11.4. The standard InChI is InChI=1S/C22H25F2N7OS/c1-14-18(21(32)28-16-5-3-6-17(11-16)33-25)20(31-9-4-7-22(23,24)8-10-31)29-19(27-14)15-12-26-30(2)13-15/h3,5-6,11-13,25,33H,4,7-10H2,1-2H3,(H,28,32). The summed E-state index contributed by atoms with van der Waals surface area (Å²) in [5.74, 6) is -2.43. The number of nitrogens with one attached hydrogen (secondary N) is 2. The molecule has 0 atom stereocenters. The molecule has 1 aromatic carbocycles. The number of alkyl halides is 2. The summed E-state index contributed by atoms with van der Waals surface area (Å²) < 4.78 is 37.2. The predicted octanol–water partition coefficient (Wildman–Crippen LogP) is 4.00. The smallest absolute Gasteiger partial charge is 0.261 e. The second kappa shape index (κ2) is 9.34. The third kappa shape index (κ3) is 5.24. The van der Waals surface area contributed by atoms with Gasteiger partial charge in [-0.05, 0) is 31.5 Å². The van der Waals surface area contributed by atoms with Crippen molar-refractivity contribution >= 4 is 29.0 Å². The maximum atomic E-state index is 14.0. The number of aromatic nitrogens is 4. The molecule has 3 aromatic rings. The molecule has 8 nitrogen and oxygen atoms in total. The molecule has 0 bridgehead atoms. The minimum absolute atomic E-state index is 0.0867. The second-order valence-corrected chi connectivity index (χ2v) is 8.79.